The number of hydrogen-bond acceptors (Lipinski definition) is 5. The Morgan fingerprint density at radius 3 is 2.00 bits per heavy atom. The number of hydrogen-bond donors (Lipinski definition) is 0. The van der Waals surface area contributed by atoms with Crippen LogP contribution in [0.25, 0.3) is 0 Å². The molecule has 24 heavy (non-hydrogen) atoms. The van der Waals surface area contributed by atoms with Crippen molar-refractivity contribution >= 4 is 11.6 Å². The van der Waals surface area contributed by atoms with Gasteiger partial charge in [-0.15, -0.1) is 10.2 Å². The van der Waals surface area contributed by atoms with Gasteiger partial charge in [0.15, 0.2) is 13.2 Å². The first-order valence-electron chi connectivity index (χ1n) is 7.50. The standard InChI is InChI=1S/C18H17ClN2O3/c1-12-8-15(9-13(2)18(12)19)23-11-17-21-20-16(24-17)10-22-14-6-4-3-5-7-14/h3-9H,10-11H2,1-2H3. The summed E-state index contributed by atoms with van der Waals surface area (Å²) in [7, 11) is 0. The van der Waals surface area contributed by atoms with Crippen LogP contribution in [0.1, 0.15) is 22.9 Å². The van der Waals surface area contributed by atoms with Crippen LogP contribution in [0.3, 0.4) is 0 Å². The fourth-order valence-electron chi connectivity index (χ4n) is 2.20. The number of benzene rings is 2. The van der Waals surface area contributed by atoms with E-state index in [2.05, 4.69) is 10.2 Å². The minimum absolute atomic E-state index is 0.193. The van der Waals surface area contributed by atoms with Crippen molar-refractivity contribution in [2.45, 2.75) is 27.1 Å². The number of halogens is 1. The third-order valence-electron chi connectivity index (χ3n) is 3.39. The molecule has 0 spiro atoms. The van der Waals surface area contributed by atoms with Crippen LogP contribution in [0.4, 0.5) is 0 Å². The predicted octanol–water partition coefficient (Wildman–Crippen LogP) is 4.50. The molecule has 1 heterocycles. The van der Waals surface area contributed by atoms with E-state index in [4.69, 9.17) is 25.5 Å². The maximum absolute atomic E-state index is 6.15. The van der Waals surface area contributed by atoms with Gasteiger partial charge in [-0.25, -0.2) is 0 Å². The van der Waals surface area contributed by atoms with Gasteiger partial charge in [-0.05, 0) is 49.2 Å². The molecule has 0 amide bonds. The predicted molar refractivity (Wildman–Crippen MR) is 90.3 cm³/mol. The van der Waals surface area contributed by atoms with Crippen LogP contribution in [0.2, 0.25) is 5.02 Å². The summed E-state index contributed by atoms with van der Waals surface area (Å²) in [5, 5.41) is 8.66. The van der Waals surface area contributed by atoms with Gasteiger partial charge >= 0.3 is 0 Å². The van der Waals surface area contributed by atoms with E-state index < -0.39 is 0 Å². The molecule has 0 N–H and O–H groups in total. The van der Waals surface area contributed by atoms with Gasteiger partial charge in [0.2, 0.25) is 0 Å². The number of para-hydroxylation sites is 1. The van der Waals surface area contributed by atoms with E-state index in [-0.39, 0.29) is 13.2 Å². The quantitative estimate of drug-likeness (QED) is 0.659. The first-order chi connectivity index (χ1) is 11.6. The molecule has 0 bridgehead atoms. The molecule has 0 aliphatic rings. The molecule has 3 rings (SSSR count). The Kier molecular flexibility index (Phi) is 5.01. The average molecular weight is 345 g/mol. The summed E-state index contributed by atoms with van der Waals surface area (Å²) in [5.41, 5.74) is 1.93. The number of aromatic nitrogens is 2. The first kappa shape index (κ1) is 16.3. The number of rotatable bonds is 6. The van der Waals surface area contributed by atoms with Gasteiger partial charge in [0, 0.05) is 5.02 Å². The smallest absolute Gasteiger partial charge is 0.254 e. The molecule has 124 valence electrons. The molecule has 0 radical (unpaired) electrons. The first-order valence-corrected chi connectivity index (χ1v) is 7.88. The highest BCUT2D eigenvalue weighted by Crippen LogP contribution is 2.26. The molecule has 0 saturated carbocycles. The van der Waals surface area contributed by atoms with Crippen molar-refractivity contribution in [2.75, 3.05) is 0 Å². The van der Waals surface area contributed by atoms with Crippen molar-refractivity contribution in [3.8, 4) is 11.5 Å². The molecular weight excluding hydrogens is 328 g/mol. The molecule has 2 aromatic carbocycles. The summed E-state index contributed by atoms with van der Waals surface area (Å²) in [6.07, 6.45) is 0. The lowest BCUT2D eigenvalue weighted by atomic mass is 10.1. The van der Waals surface area contributed by atoms with Crippen LogP contribution in [-0.2, 0) is 13.2 Å². The van der Waals surface area contributed by atoms with Crippen LogP contribution in [-0.4, -0.2) is 10.2 Å². The maximum Gasteiger partial charge on any atom is 0.254 e. The van der Waals surface area contributed by atoms with Gasteiger partial charge < -0.3 is 13.9 Å². The highest BCUT2D eigenvalue weighted by atomic mass is 35.5. The molecule has 3 aromatic rings. The zero-order valence-corrected chi connectivity index (χ0v) is 14.2. The molecular formula is C18H17ClN2O3. The van der Waals surface area contributed by atoms with Crippen molar-refractivity contribution in [1.29, 1.82) is 0 Å². The van der Waals surface area contributed by atoms with E-state index in [9.17, 15) is 0 Å². The molecule has 5 nitrogen and oxygen atoms in total. The van der Waals surface area contributed by atoms with E-state index in [0.717, 1.165) is 27.6 Å². The molecule has 0 aliphatic heterocycles. The Hall–Kier alpha value is -2.53. The zero-order valence-electron chi connectivity index (χ0n) is 13.5. The summed E-state index contributed by atoms with van der Waals surface area (Å²) >= 11 is 6.15. The van der Waals surface area contributed by atoms with Gasteiger partial charge in [0.25, 0.3) is 11.8 Å². The van der Waals surface area contributed by atoms with Crippen LogP contribution < -0.4 is 9.47 Å². The normalized spacial score (nSPS) is 10.6. The minimum atomic E-state index is 0.193. The third-order valence-corrected chi connectivity index (χ3v) is 3.98. The zero-order chi connectivity index (χ0) is 16.9. The molecule has 0 fully saturated rings. The van der Waals surface area contributed by atoms with Gasteiger partial charge in [-0.1, -0.05) is 29.8 Å². The second kappa shape index (κ2) is 7.36. The fraction of sp³-hybridized carbons (Fsp3) is 0.222. The van der Waals surface area contributed by atoms with E-state index in [1.165, 1.54) is 0 Å². The Morgan fingerprint density at radius 1 is 0.875 bits per heavy atom. The van der Waals surface area contributed by atoms with Crippen molar-refractivity contribution in [3.63, 3.8) is 0 Å². The summed E-state index contributed by atoms with van der Waals surface area (Å²) in [4.78, 5) is 0. The molecule has 0 unspecified atom stereocenters. The lowest BCUT2D eigenvalue weighted by Crippen LogP contribution is -1.97. The summed E-state index contributed by atoms with van der Waals surface area (Å²) in [6.45, 7) is 4.29. The molecule has 6 heteroatoms. The van der Waals surface area contributed by atoms with Crippen molar-refractivity contribution in [2.24, 2.45) is 0 Å². The van der Waals surface area contributed by atoms with E-state index in [1.807, 2.05) is 56.3 Å². The molecule has 0 saturated heterocycles. The largest absolute Gasteiger partial charge is 0.484 e. The number of nitrogens with zero attached hydrogens (tertiary/aromatic N) is 2. The Balaban J connectivity index is 1.56. The van der Waals surface area contributed by atoms with E-state index in [0.29, 0.717) is 11.8 Å². The topological polar surface area (TPSA) is 57.4 Å². The number of ether oxygens (including phenoxy) is 2. The molecule has 0 aliphatic carbocycles. The van der Waals surface area contributed by atoms with Gasteiger partial charge in [0.05, 0.1) is 0 Å². The SMILES string of the molecule is Cc1cc(OCc2nnc(COc3ccccc3)o2)cc(C)c1Cl. The molecule has 0 atom stereocenters. The monoisotopic (exact) mass is 344 g/mol. The Morgan fingerprint density at radius 2 is 1.42 bits per heavy atom. The van der Waals surface area contributed by atoms with Crippen LogP contribution in [0.15, 0.2) is 46.9 Å². The summed E-state index contributed by atoms with van der Waals surface area (Å²) < 4.78 is 16.8. The summed E-state index contributed by atoms with van der Waals surface area (Å²) in [6, 6.07) is 13.2. The van der Waals surface area contributed by atoms with Gasteiger partial charge in [-0.2, -0.15) is 0 Å². The Bertz CT molecular complexity index is 795. The number of aryl methyl sites for hydroxylation is 2. The highest BCUT2D eigenvalue weighted by molar-refractivity contribution is 6.32. The van der Waals surface area contributed by atoms with Crippen molar-refractivity contribution in [3.05, 3.63) is 70.4 Å². The fourth-order valence-corrected chi connectivity index (χ4v) is 2.31. The Labute approximate surface area is 145 Å². The lowest BCUT2D eigenvalue weighted by molar-refractivity contribution is 0.231. The van der Waals surface area contributed by atoms with Crippen molar-refractivity contribution < 1.29 is 13.9 Å². The van der Waals surface area contributed by atoms with Crippen LogP contribution in [0.5, 0.6) is 11.5 Å². The van der Waals surface area contributed by atoms with E-state index >= 15 is 0 Å². The molecule has 1 aromatic heterocycles. The van der Waals surface area contributed by atoms with Gasteiger partial charge in [-0.3, -0.25) is 0 Å². The minimum Gasteiger partial charge on any atom is -0.484 e. The maximum atomic E-state index is 6.15. The van der Waals surface area contributed by atoms with Crippen LogP contribution in [0, 0.1) is 13.8 Å². The van der Waals surface area contributed by atoms with Crippen LogP contribution >= 0.6 is 11.6 Å². The van der Waals surface area contributed by atoms with Crippen molar-refractivity contribution in [1.82, 2.24) is 10.2 Å². The second-order valence-corrected chi connectivity index (χ2v) is 5.73. The summed E-state index contributed by atoms with van der Waals surface area (Å²) in [5.74, 6) is 2.27. The van der Waals surface area contributed by atoms with E-state index in [1.54, 1.807) is 0 Å². The third kappa shape index (κ3) is 4.06. The second-order valence-electron chi connectivity index (χ2n) is 5.35. The highest BCUT2D eigenvalue weighted by Gasteiger charge is 2.09. The van der Waals surface area contributed by atoms with Gasteiger partial charge in [0.1, 0.15) is 11.5 Å². The average Bonchev–Trinajstić information content (AvgIpc) is 3.05. The lowest BCUT2D eigenvalue weighted by Gasteiger charge is -2.08.